The fourth-order valence-electron chi connectivity index (χ4n) is 2.63. The number of carbonyl (C=O) groups is 2. The molecular weight excluding hydrogens is 344 g/mol. The van der Waals surface area contributed by atoms with Crippen LogP contribution in [-0.4, -0.2) is 38.4 Å². The second-order valence-corrected chi connectivity index (χ2v) is 6.66. The van der Waals surface area contributed by atoms with Crippen LogP contribution in [0.15, 0.2) is 24.3 Å². The van der Waals surface area contributed by atoms with Gasteiger partial charge in [-0.05, 0) is 30.9 Å². The van der Waals surface area contributed by atoms with Gasteiger partial charge < -0.3 is 14.2 Å². The number of ether oxygens (including phenoxy) is 3. The van der Waals surface area contributed by atoms with Crippen molar-refractivity contribution in [3.8, 4) is 0 Å². The molecule has 0 aliphatic rings. The van der Waals surface area contributed by atoms with Crippen molar-refractivity contribution in [2.45, 2.75) is 59.3 Å². The number of rotatable bonds is 14. The Morgan fingerprint density at radius 2 is 1.48 bits per heavy atom. The second-order valence-electron chi connectivity index (χ2n) is 6.66. The largest absolute Gasteiger partial charge is 0.462 e. The minimum atomic E-state index is -0.528. The maximum absolute atomic E-state index is 12.5. The number of esters is 2. The normalized spacial score (nSPS) is 11.8. The van der Waals surface area contributed by atoms with Crippen LogP contribution in [0.5, 0.6) is 0 Å². The quantitative estimate of drug-likeness (QED) is 0.335. The maximum Gasteiger partial charge on any atom is 0.339 e. The van der Waals surface area contributed by atoms with Crippen LogP contribution in [0, 0.1) is 5.92 Å². The molecule has 0 bridgehead atoms. The molecule has 27 heavy (non-hydrogen) atoms. The first-order valence-electron chi connectivity index (χ1n) is 10.1. The van der Waals surface area contributed by atoms with Gasteiger partial charge in [-0.2, -0.15) is 0 Å². The highest BCUT2D eigenvalue weighted by Gasteiger charge is 2.20. The Morgan fingerprint density at radius 1 is 0.852 bits per heavy atom. The average molecular weight is 379 g/mol. The Hall–Kier alpha value is -1.88. The lowest BCUT2D eigenvalue weighted by Crippen LogP contribution is -2.18. The van der Waals surface area contributed by atoms with Crippen LogP contribution >= 0.6 is 0 Å². The highest BCUT2D eigenvalue weighted by atomic mass is 16.6. The molecule has 1 atom stereocenters. The molecule has 0 radical (unpaired) electrons. The Bertz CT molecular complexity index is 555. The molecule has 1 aromatic carbocycles. The van der Waals surface area contributed by atoms with Gasteiger partial charge in [-0.3, -0.25) is 0 Å². The van der Waals surface area contributed by atoms with Crippen molar-refractivity contribution >= 4 is 11.9 Å². The van der Waals surface area contributed by atoms with Crippen molar-refractivity contribution in [1.29, 1.82) is 0 Å². The summed E-state index contributed by atoms with van der Waals surface area (Å²) in [5.41, 5.74) is 0.484. The Labute approximate surface area is 163 Å². The lowest BCUT2D eigenvalue weighted by Gasteiger charge is -2.15. The summed E-state index contributed by atoms with van der Waals surface area (Å²) in [6, 6.07) is 6.62. The molecule has 0 amide bonds. The minimum absolute atomic E-state index is 0.168. The van der Waals surface area contributed by atoms with Gasteiger partial charge in [-0.1, -0.05) is 58.6 Å². The van der Waals surface area contributed by atoms with Gasteiger partial charge in [0.15, 0.2) is 0 Å². The number of unbranched alkanes of at least 4 members (excludes halogenated alkanes) is 2. The molecule has 152 valence electrons. The third kappa shape index (κ3) is 9.05. The molecule has 5 nitrogen and oxygen atoms in total. The summed E-state index contributed by atoms with van der Waals surface area (Å²) < 4.78 is 16.1. The van der Waals surface area contributed by atoms with Gasteiger partial charge in [0.1, 0.15) is 6.61 Å². The van der Waals surface area contributed by atoms with E-state index in [0.717, 1.165) is 38.5 Å². The lowest BCUT2D eigenvalue weighted by atomic mass is 10.0. The average Bonchev–Trinajstić information content (AvgIpc) is 2.70. The highest BCUT2D eigenvalue weighted by molar-refractivity contribution is 6.03. The molecule has 0 heterocycles. The molecule has 0 aromatic heterocycles. The molecule has 0 fully saturated rings. The van der Waals surface area contributed by atoms with Crippen LogP contribution in [-0.2, 0) is 14.2 Å². The third-order valence-corrected chi connectivity index (χ3v) is 4.46. The Balaban J connectivity index is 2.56. The monoisotopic (exact) mass is 378 g/mol. The predicted octanol–water partition coefficient (Wildman–Crippen LogP) is 5.03. The summed E-state index contributed by atoms with van der Waals surface area (Å²) >= 11 is 0. The molecule has 0 saturated carbocycles. The molecule has 5 heteroatoms. The molecule has 0 aliphatic carbocycles. The third-order valence-electron chi connectivity index (χ3n) is 4.46. The number of hydrogen-bond acceptors (Lipinski definition) is 5. The summed E-state index contributed by atoms with van der Waals surface area (Å²) in [6.45, 7) is 7.90. The molecule has 0 N–H and O–H groups in total. The van der Waals surface area contributed by atoms with E-state index < -0.39 is 11.9 Å². The van der Waals surface area contributed by atoms with Crippen molar-refractivity contribution in [3.63, 3.8) is 0 Å². The molecule has 1 rings (SSSR count). The van der Waals surface area contributed by atoms with Crippen LogP contribution in [0.1, 0.15) is 80.0 Å². The topological polar surface area (TPSA) is 61.8 Å². The van der Waals surface area contributed by atoms with Gasteiger partial charge in [0.05, 0.1) is 24.3 Å². The van der Waals surface area contributed by atoms with Crippen molar-refractivity contribution < 1.29 is 23.8 Å². The molecule has 0 spiro atoms. The van der Waals surface area contributed by atoms with Gasteiger partial charge in [-0.25, -0.2) is 9.59 Å². The van der Waals surface area contributed by atoms with Crippen molar-refractivity contribution in [3.05, 3.63) is 35.4 Å². The van der Waals surface area contributed by atoms with Gasteiger partial charge >= 0.3 is 11.9 Å². The van der Waals surface area contributed by atoms with E-state index >= 15 is 0 Å². The molecule has 1 aromatic rings. The molecular formula is C22H34O5. The Kier molecular flexibility index (Phi) is 12.2. The minimum Gasteiger partial charge on any atom is -0.462 e. The van der Waals surface area contributed by atoms with Gasteiger partial charge in [0.25, 0.3) is 0 Å². The van der Waals surface area contributed by atoms with E-state index in [0.29, 0.717) is 25.7 Å². The SMILES string of the molecule is CCCCOCCOC(=O)c1ccccc1C(=O)OCC(CC)CCCC. The summed E-state index contributed by atoms with van der Waals surface area (Å²) in [5, 5.41) is 0. The lowest BCUT2D eigenvalue weighted by molar-refractivity contribution is 0.0300. The van der Waals surface area contributed by atoms with Crippen LogP contribution in [0.4, 0.5) is 0 Å². The van der Waals surface area contributed by atoms with E-state index in [1.807, 2.05) is 0 Å². The van der Waals surface area contributed by atoms with Crippen LogP contribution in [0.3, 0.4) is 0 Å². The van der Waals surface area contributed by atoms with E-state index in [1.165, 1.54) is 0 Å². The summed E-state index contributed by atoms with van der Waals surface area (Å²) in [7, 11) is 0. The predicted molar refractivity (Wildman–Crippen MR) is 106 cm³/mol. The zero-order valence-corrected chi connectivity index (χ0v) is 17.0. The zero-order chi connectivity index (χ0) is 19.9. The first-order chi connectivity index (χ1) is 13.1. The zero-order valence-electron chi connectivity index (χ0n) is 17.0. The smallest absolute Gasteiger partial charge is 0.339 e. The summed E-state index contributed by atoms with van der Waals surface area (Å²) in [6.07, 6.45) is 6.31. The standard InChI is InChI=1S/C22H34O5/c1-4-7-11-18(6-3)17-27-22(24)20-13-10-9-12-19(20)21(23)26-16-15-25-14-8-5-2/h9-10,12-13,18H,4-8,11,14-17H2,1-3H3. The van der Waals surface area contributed by atoms with Crippen molar-refractivity contribution in [1.82, 2.24) is 0 Å². The van der Waals surface area contributed by atoms with E-state index in [1.54, 1.807) is 24.3 Å². The molecule has 1 unspecified atom stereocenters. The number of carbonyl (C=O) groups excluding carboxylic acids is 2. The van der Waals surface area contributed by atoms with E-state index in [2.05, 4.69) is 20.8 Å². The van der Waals surface area contributed by atoms with Crippen LogP contribution in [0.2, 0.25) is 0 Å². The maximum atomic E-state index is 12.5. The number of hydrogen-bond donors (Lipinski definition) is 0. The van der Waals surface area contributed by atoms with Crippen molar-refractivity contribution in [2.24, 2.45) is 5.92 Å². The van der Waals surface area contributed by atoms with Gasteiger partial charge in [0.2, 0.25) is 0 Å². The Morgan fingerprint density at radius 3 is 2.07 bits per heavy atom. The van der Waals surface area contributed by atoms with E-state index in [-0.39, 0.29) is 17.7 Å². The fraction of sp³-hybridized carbons (Fsp3) is 0.636. The second kappa shape index (κ2) is 14.2. The van der Waals surface area contributed by atoms with Gasteiger partial charge in [0, 0.05) is 6.61 Å². The highest BCUT2D eigenvalue weighted by Crippen LogP contribution is 2.16. The van der Waals surface area contributed by atoms with E-state index in [9.17, 15) is 9.59 Å². The number of benzene rings is 1. The first kappa shape index (κ1) is 23.2. The van der Waals surface area contributed by atoms with E-state index in [4.69, 9.17) is 14.2 Å². The van der Waals surface area contributed by atoms with Crippen LogP contribution in [0.25, 0.3) is 0 Å². The van der Waals surface area contributed by atoms with Crippen LogP contribution < -0.4 is 0 Å². The molecule has 0 saturated heterocycles. The van der Waals surface area contributed by atoms with Gasteiger partial charge in [-0.15, -0.1) is 0 Å². The first-order valence-corrected chi connectivity index (χ1v) is 10.1. The summed E-state index contributed by atoms with van der Waals surface area (Å²) in [5.74, 6) is -0.648. The van der Waals surface area contributed by atoms with Crippen molar-refractivity contribution in [2.75, 3.05) is 26.4 Å². The summed E-state index contributed by atoms with van der Waals surface area (Å²) in [4.78, 5) is 24.8. The molecule has 0 aliphatic heterocycles. The fourth-order valence-corrected chi connectivity index (χ4v) is 2.63.